The average Bonchev–Trinajstić information content (AvgIpc) is 2.78. The average molecular weight is 345 g/mol. The minimum atomic E-state index is -2.87. The van der Waals surface area contributed by atoms with Gasteiger partial charge in [-0.25, -0.2) is 8.42 Å². The molecule has 0 saturated carbocycles. The molecule has 0 aromatic heterocycles. The molecule has 1 aliphatic rings. The van der Waals surface area contributed by atoms with E-state index in [2.05, 4.69) is 10.6 Å². The Morgan fingerprint density at radius 1 is 1.32 bits per heavy atom. The standard InChI is InChI=1S/C15H21ClN2O3S/c16-13-3-1-2-12(10-13)4-7-18-15(19)5-8-17-14-6-9-22(20,21)11-14/h1-3,10,14,17H,4-9,11H2,(H,18,19). The minimum Gasteiger partial charge on any atom is -0.356 e. The lowest BCUT2D eigenvalue weighted by Gasteiger charge is -2.10. The zero-order valence-electron chi connectivity index (χ0n) is 12.3. The largest absolute Gasteiger partial charge is 0.356 e. The predicted molar refractivity (Wildman–Crippen MR) is 87.8 cm³/mol. The van der Waals surface area contributed by atoms with Crippen molar-refractivity contribution in [3.63, 3.8) is 0 Å². The van der Waals surface area contributed by atoms with Crippen LogP contribution in [0.4, 0.5) is 0 Å². The molecule has 1 aliphatic heterocycles. The minimum absolute atomic E-state index is 0.00994. The number of hydrogen-bond acceptors (Lipinski definition) is 4. The van der Waals surface area contributed by atoms with Crippen LogP contribution in [0.15, 0.2) is 24.3 Å². The monoisotopic (exact) mass is 344 g/mol. The highest BCUT2D eigenvalue weighted by Crippen LogP contribution is 2.11. The van der Waals surface area contributed by atoms with E-state index in [0.29, 0.717) is 31.0 Å². The van der Waals surface area contributed by atoms with Gasteiger partial charge in [0.1, 0.15) is 0 Å². The van der Waals surface area contributed by atoms with Gasteiger partial charge in [-0.3, -0.25) is 4.79 Å². The van der Waals surface area contributed by atoms with E-state index in [0.717, 1.165) is 12.0 Å². The maximum Gasteiger partial charge on any atom is 0.221 e. The van der Waals surface area contributed by atoms with Gasteiger partial charge in [0.25, 0.3) is 0 Å². The molecular formula is C15H21ClN2O3S. The molecule has 1 saturated heterocycles. The summed E-state index contributed by atoms with van der Waals surface area (Å²) in [7, 11) is -2.87. The molecule has 0 bridgehead atoms. The van der Waals surface area contributed by atoms with Crippen LogP contribution in [0.25, 0.3) is 0 Å². The van der Waals surface area contributed by atoms with E-state index in [1.54, 1.807) is 0 Å². The normalized spacial score (nSPS) is 20.0. The zero-order valence-corrected chi connectivity index (χ0v) is 13.9. The number of rotatable bonds is 7. The molecule has 1 unspecified atom stereocenters. The Morgan fingerprint density at radius 2 is 2.14 bits per heavy atom. The molecule has 1 amide bonds. The van der Waals surface area contributed by atoms with E-state index in [-0.39, 0.29) is 23.5 Å². The van der Waals surface area contributed by atoms with Crippen molar-refractivity contribution < 1.29 is 13.2 Å². The van der Waals surface area contributed by atoms with Crippen LogP contribution in [0.3, 0.4) is 0 Å². The molecule has 0 radical (unpaired) electrons. The second kappa shape index (κ2) is 7.94. The lowest BCUT2D eigenvalue weighted by atomic mass is 10.1. The molecule has 5 nitrogen and oxygen atoms in total. The molecule has 2 rings (SSSR count). The summed E-state index contributed by atoms with van der Waals surface area (Å²) in [4.78, 5) is 11.7. The molecular weight excluding hydrogens is 324 g/mol. The number of sulfone groups is 1. The molecule has 1 fully saturated rings. The van der Waals surface area contributed by atoms with Crippen LogP contribution >= 0.6 is 11.6 Å². The molecule has 22 heavy (non-hydrogen) atoms. The fourth-order valence-electron chi connectivity index (χ4n) is 2.47. The van der Waals surface area contributed by atoms with Crippen molar-refractivity contribution in [3.8, 4) is 0 Å². The van der Waals surface area contributed by atoms with Crippen LogP contribution in [-0.2, 0) is 21.1 Å². The van der Waals surface area contributed by atoms with Gasteiger partial charge in [0.05, 0.1) is 11.5 Å². The highest BCUT2D eigenvalue weighted by atomic mass is 35.5. The van der Waals surface area contributed by atoms with E-state index >= 15 is 0 Å². The van der Waals surface area contributed by atoms with Crippen molar-refractivity contribution in [1.29, 1.82) is 0 Å². The fourth-order valence-corrected chi connectivity index (χ4v) is 4.39. The van der Waals surface area contributed by atoms with Gasteiger partial charge in [-0.1, -0.05) is 23.7 Å². The van der Waals surface area contributed by atoms with Crippen molar-refractivity contribution in [3.05, 3.63) is 34.9 Å². The Kier molecular flexibility index (Phi) is 6.23. The van der Waals surface area contributed by atoms with Gasteiger partial charge in [0.15, 0.2) is 9.84 Å². The van der Waals surface area contributed by atoms with Gasteiger partial charge < -0.3 is 10.6 Å². The summed E-state index contributed by atoms with van der Waals surface area (Å²) in [6.07, 6.45) is 1.73. The van der Waals surface area contributed by atoms with Crippen molar-refractivity contribution >= 4 is 27.3 Å². The van der Waals surface area contributed by atoms with Crippen LogP contribution < -0.4 is 10.6 Å². The van der Waals surface area contributed by atoms with Crippen LogP contribution in [0, 0.1) is 0 Å². The van der Waals surface area contributed by atoms with Gasteiger partial charge in [-0.15, -0.1) is 0 Å². The molecule has 122 valence electrons. The summed E-state index contributed by atoms with van der Waals surface area (Å²) in [6.45, 7) is 1.07. The number of halogens is 1. The molecule has 2 N–H and O–H groups in total. The Labute approximate surface area is 136 Å². The lowest BCUT2D eigenvalue weighted by Crippen LogP contribution is -2.34. The van der Waals surface area contributed by atoms with Crippen LogP contribution in [-0.4, -0.2) is 45.0 Å². The third kappa shape index (κ3) is 5.94. The number of benzene rings is 1. The molecule has 1 aromatic carbocycles. The lowest BCUT2D eigenvalue weighted by molar-refractivity contribution is -0.120. The maximum atomic E-state index is 11.7. The quantitative estimate of drug-likeness (QED) is 0.778. The number of hydrogen-bond donors (Lipinski definition) is 2. The highest BCUT2D eigenvalue weighted by Gasteiger charge is 2.27. The second-order valence-electron chi connectivity index (χ2n) is 5.53. The Bertz CT molecular complexity index is 619. The number of nitrogens with one attached hydrogen (secondary N) is 2. The number of carbonyl (C=O) groups excluding carboxylic acids is 1. The first kappa shape index (κ1) is 17.2. The van der Waals surface area contributed by atoms with Gasteiger partial charge in [-0.2, -0.15) is 0 Å². The molecule has 1 atom stereocenters. The van der Waals surface area contributed by atoms with Crippen LogP contribution in [0.2, 0.25) is 5.02 Å². The topological polar surface area (TPSA) is 75.3 Å². The smallest absolute Gasteiger partial charge is 0.221 e. The van der Waals surface area contributed by atoms with Crippen LogP contribution in [0.5, 0.6) is 0 Å². The van der Waals surface area contributed by atoms with Gasteiger partial charge in [0, 0.05) is 30.6 Å². The molecule has 1 aromatic rings. The Morgan fingerprint density at radius 3 is 2.82 bits per heavy atom. The molecule has 7 heteroatoms. The van der Waals surface area contributed by atoms with Gasteiger partial charge in [-0.05, 0) is 30.5 Å². The summed E-state index contributed by atoms with van der Waals surface area (Å²) >= 11 is 5.90. The summed E-state index contributed by atoms with van der Waals surface area (Å²) in [5.74, 6) is 0.398. The highest BCUT2D eigenvalue weighted by molar-refractivity contribution is 7.91. The maximum absolute atomic E-state index is 11.7. The molecule has 1 heterocycles. The van der Waals surface area contributed by atoms with E-state index in [4.69, 9.17) is 11.6 Å². The molecule has 0 aliphatic carbocycles. The predicted octanol–water partition coefficient (Wildman–Crippen LogP) is 1.17. The Hall–Kier alpha value is -1.11. The van der Waals surface area contributed by atoms with Gasteiger partial charge >= 0.3 is 0 Å². The SMILES string of the molecule is O=C(CCNC1CCS(=O)(=O)C1)NCCc1cccc(Cl)c1. The fraction of sp³-hybridized carbons (Fsp3) is 0.533. The first-order valence-electron chi connectivity index (χ1n) is 7.39. The summed E-state index contributed by atoms with van der Waals surface area (Å²) in [6, 6.07) is 7.55. The zero-order chi connectivity index (χ0) is 16.0. The second-order valence-corrected chi connectivity index (χ2v) is 8.20. The van der Waals surface area contributed by atoms with Crippen molar-refractivity contribution in [1.82, 2.24) is 10.6 Å². The van der Waals surface area contributed by atoms with E-state index < -0.39 is 9.84 Å². The number of amides is 1. The number of carbonyl (C=O) groups is 1. The third-order valence-electron chi connectivity index (χ3n) is 3.64. The van der Waals surface area contributed by atoms with E-state index in [1.165, 1.54) is 0 Å². The van der Waals surface area contributed by atoms with E-state index in [9.17, 15) is 13.2 Å². The van der Waals surface area contributed by atoms with Crippen molar-refractivity contribution in [2.24, 2.45) is 0 Å². The van der Waals surface area contributed by atoms with Gasteiger partial charge in [0.2, 0.25) is 5.91 Å². The Balaban J connectivity index is 1.58. The van der Waals surface area contributed by atoms with E-state index in [1.807, 2.05) is 24.3 Å². The summed E-state index contributed by atoms with van der Waals surface area (Å²) in [5.41, 5.74) is 1.09. The summed E-state index contributed by atoms with van der Waals surface area (Å²) < 4.78 is 22.6. The first-order chi connectivity index (χ1) is 10.4. The van der Waals surface area contributed by atoms with Crippen molar-refractivity contribution in [2.75, 3.05) is 24.6 Å². The summed E-state index contributed by atoms with van der Waals surface area (Å²) in [5, 5.41) is 6.67. The van der Waals surface area contributed by atoms with Crippen LogP contribution in [0.1, 0.15) is 18.4 Å². The van der Waals surface area contributed by atoms with Crippen molar-refractivity contribution in [2.45, 2.75) is 25.3 Å². The first-order valence-corrected chi connectivity index (χ1v) is 9.59. The molecule has 0 spiro atoms. The third-order valence-corrected chi connectivity index (χ3v) is 5.65.